The summed E-state index contributed by atoms with van der Waals surface area (Å²) in [4.78, 5) is 4.08. The van der Waals surface area contributed by atoms with Crippen LogP contribution in [-0.2, 0) is 10.0 Å². The van der Waals surface area contributed by atoms with Gasteiger partial charge in [0.1, 0.15) is 4.21 Å². The number of aliphatic imine (C=N–C) groups is 1. The monoisotopic (exact) mass is 372 g/mol. The second-order valence-electron chi connectivity index (χ2n) is 4.71. The van der Waals surface area contributed by atoms with Gasteiger partial charge in [0.15, 0.2) is 5.96 Å². The molecule has 1 aromatic carbocycles. The molecule has 124 valence electrons. The van der Waals surface area contributed by atoms with Gasteiger partial charge in [-0.05, 0) is 31.2 Å². The molecule has 4 N–H and O–H groups in total. The molecule has 1 aromatic heterocycles. The number of aryl methyl sites for hydroxylation is 1. The normalized spacial score (nSPS) is 12.3. The third-order valence-corrected chi connectivity index (χ3v) is 6.01. The molecule has 0 saturated heterocycles. The van der Waals surface area contributed by atoms with Crippen molar-refractivity contribution in [3.63, 3.8) is 0 Å². The topological polar surface area (TPSA) is 96.6 Å². The molecule has 0 radical (unpaired) electrons. The molecule has 9 heteroatoms. The molecule has 6 nitrogen and oxygen atoms in total. The quantitative estimate of drug-likeness (QED) is 0.412. The highest BCUT2D eigenvalue weighted by Gasteiger charge is 2.15. The van der Waals surface area contributed by atoms with E-state index in [-0.39, 0.29) is 23.3 Å². The largest absolute Gasteiger partial charge is 0.370 e. The molecule has 0 spiro atoms. The number of nitrogens with one attached hydrogen (secondary N) is 2. The van der Waals surface area contributed by atoms with Crippen LogP contribution in [0.3, 0.4) is 0 Å². The standard InChI is InChI=1S/C14H17ClN4O2S2/c1-10-2-4-11(5-3-10)19-14(16)17-8-9-18-23(20,21)13-7-6-12(15)22-13/h2-7,18H,8-9H2,1H3,(H3,16,17,19). The Morgan fingerprint density at radius 2 is 1.96 bits per heavy atom. The van der Waals surface area contributed by atoms with Crippen LogP contribution < -0.4 is 15.8 Å². The molecule has 0 aliphatic heterocycles. The summed E-state index contributed by atoms with van der Waals surface area (Å²) in [5.41, 5.74) is 7.73. The van der Waals surface area contributed by atoms with Crippen LogP contribution in [0.25, 0.3) is 0 Å². The van der Waals surface area contributed by atoms with E-state index in [0.29, 0.717) is 4.34 Å². The fraction of sp³-hybridized carbons (Fsp3) is 0.214. The first-order valence-corrected chi connectivity index (χ1v) is 9.43. The van der Waals surface area contributed by atoms with Crippen molar-refractivity contribution in [1.29, 1.82) is 0 Å². The highest BCUT2D eigenvalue weighted by atomic mass is 35.5. The van der Waals surface area contributed by atoms with Gasteiger partial charge in [-0.15, -0.1) is 11.3 Å². The summed E-state index contributed by atoms with van der Waals surface area (Å²) in [6.45, 7) is 2.37. The number of benzene rings is 1. The van der Waals surface area contributed by atoms with Gasteiger partial charge in [-0.2, -0.15) is 0 Å². The predicted octanol–water partition coefficient (Wildman–Crippen LogP) is 2.42. The number of halogens is 1. The number of nitrogens with zero attached hydrogens (tertiary/aromatic N) is 1. The van der Waals surface area contributed by atoms with Crippen LogP contribution >= 0.6 is 22.9 Å². The van der Waals surface area contributed by atoms with Crippen molar-refractivity contribution in [1.82, 2.24) is 4.72 Å². The number of rotatable bonds is 6. The van der Waals surface area contributed by atoms with E-state index >= 15 is 0 Å². The van der Waals surface area contributed by atoms with Crippen molar-refractivity contribution in [3.8, 4) is 0 Å². The van der Waals surface area contributed by atoms with Gasteiger partial charge in [-0.1, -0.05) is 29.3 Å². The Labute approximate surface area is 144 Å². The van der Waals surface area contributed by atoms with Crippen LogP contribution in [-0.4, -0.2) is 27.5 Å². The zero-order valence-corrected chi connectivity index (χ0v) is 14.8. The Kier molecular flexibility index (Phi) is 6.00. The minimum absolute atomic E-state index is 0.147. The summed E-state index contributed by atoms with van der Waals surface area (Å²) in [6.07, 6.45) is 0. The maximum atomic E-state index is 12.0. The lowest BCUT2D eigenvalue weighted by Gasteiger charge is -2.06. The highest BCUT2D eigenvalue weighted by Crippen LogP contribution is 2.25. The Hall–Kier alpha value is -1.61. The van der Waals surface area contributed by atoms with Crippen molar-refractivity contribution in [3.05, 3.63) is 46.3 Å². The zero-order chi connectivity index (χ0) is 16.9. The summed E-state index contributed by atoms with van der Waals surface area (Å²) in [7, 11) is -3.55. The Bertz CT molecular complexity index is 785. The number of guanidine groups is 1. The van der Waals surface area contributed by atoms with Crippen molar-refractivity contribution in [2.24, 2.45) is 10.7 Å². The molecule has 23 heavy (non-hydrogen) atoms. The Balaban J connectivity index is 1.82. The van der Waals surface area contributed by atoms with E-state index < -0.39 is 10.0 Å². The van der Waals surface area contributed by atoms with Gasteiger partial charge in [-0.25, -0.2) is 13.1 Å². The molecule has 0 unspecified atom stereocenters. The van der Waals surface area contributed by atoms with Gasteiger partial charge in [0.2, 0.25) is 10.0 Å². The summed E-state index contributed by atoms with van der Waals surface area (Å²) in [5, 5.41) is 2.94. The van der Waals surface area contributed by atoms with Crippen molar-refractivity contribution in [2.75, 3.05) is 18.4 Å². The van der Waals surface area contributed by atoms with E-state index in [1.54, 1.807) is 6.07 Å². The average molecular weight is 373 g/mol. The molecule has 0 atom stereocenters. The molecule has 0 aliphatic carbocycles. The van der Waals surface area contributed by atoms with Gasteiger partial charge in [0, 0.05) is 12.2 Å². The van der Waals surface area contributed by atoms with E-state index in [0.717, 1.165) is 22.6 Å². The van der Waals surface area contributed by atoms with Crippen LogP contribution in [0.2, 0.25) is 4.34 Å². The lowest BCUT2D eigenvalue weighted by atomic mass is 10.2. The average Bonchev–Trinajstić information content (AvgIpc) is 2.94. The molecular formula is C14H17ClN4O2S2. The first-order valence-electron chi connectivity index (χ1n) is 6.75. The van der Waals surface area contributed by atoms with E-state index in [4.69, 9.17) is 17.3 Å². The molecule has 0 aliphatic rings. The van der Waals surface area contributed by atoms with Crippen LogP contribution in [0, 0.1) is 6.92 Å². The third kappa shape index (κ3) is 5.51. The lowest BCUT2D eigenvalue weighted by Crippen LogP contribution is -2.28. The number of nitrogens with two attached hydrogens (primary N) is 1. The number of anilines is 1. The van der Waals surface area contributed by atoms with E-state index in [1.807, 2.05) is 31.2 Å². The fourth-order valence-electron chi connectivity index (χ4n) is 1.69. The smallest absolute Gasteiger partial charge is 0.250 e. The third-order valence-electron chi connectivity index (χ3n) is 2.82. The van der Waals surface area contributed by atoms with Crippen molar-refractivity contribution >= 4 is 44.6 Å². The summed E-state index contributed by atoms with van der Waals surface area (Å²) < 4.78 is 27.0. The Morgan fingerprint density at radius 1 is 1.26 bits per heavy atom. The van der Waals surface area contributed by atoms with Crippen LogP contribution in [0.4, 0.5) is 5.69 Å². The first-order chi connectivity index (χ1) is 10.9. The molecule has 0 bridgehead atoms. The van der Waals surface area contributed by atoms with Gasteiger partial charge in [0.05, 0.1) is 10.9 Å². The van der Waals surface area contributed by atoms with Gasteiger partial charge < -0.3 is 11.1 Å². The second kappa shape index (κ2) is 7.78. The van der Waals surface area contributed by atoms with Crippen LogP contribution in [0.15, 0.2) is 45.6 Å². The van der Waals surface area contributed by atoms with Gasteiger partial charge in [0.25, 0.3) is 0 Å². The second-order valence-corrected chi connectivity index (χ2v) is 8.42. The van der Waals surface area contributed by atoms with Gasteiger partial charge in [-0.3, -0.25) is 4.99 Å². The maximum absolute atomic E-state index is 12.0. The number of hydrogen-bond acceptors (Lipinski definition) is 4. The predicted molar refractivity (Wildman–Crippen MR) is 95.8 cm³/mol. The molecular weight excluding hydrogens is 356 g/mol. The molecule has 0 amide bonds. The van der Waals surface area contributed by atoms with E-state index in [2.05, 4.69) is 15.0 Å². The maximum Gasteiger partial charge on any atom is 0.250 e. The number of thiophene rings is 1. The first kappa shape index (κ1) is 17.7. The Morgan fingerprint density at radius 3 is 2.57 bits per heavy atom. The number of sulfonamides is 1. The van der Waals surface area contributed by atoms with E-state index in [9.17, 15) is 8.42 Å². The minimum atomic E-state index is -3.55. The van der Waals surface area contributed by atoms with Crippen LogP contribution in [0.5, 0.6) is 0 Å². The van der Waals surface area contributed by atoms with Crippen molar-refractivity contribution in [2.45, 2.75) is 11.1 Å². The molecule has 2 aromatic rings. The van der Waals surface area contributed by atoms with Crippen molar-refractivity contribution < 1.29 is 8.42 Å². The highest BCUT2D eigenvalue weighted by molar-refractivity contribution is 7.91. The molecule has 2 rings (SSSR count). The number of hydrogen-bond donors (Lipinski definition) is 3. The molecule has 0 saturated carbocycles. The van der Waals surface area contributed by atoms with Gasteiger partial charge >= 0.3 is 0 Å². The summed E-state index contributed by atoms with van der Waals surface area (Å²) >= 11 is 6.74. The lowest BCUT2D eigenvalue weighted by molar-refractivity contribution is 0.584. The fourth-order valence-corrected chi connectivity index (χ4v) is 4.24. The summed E-state index contributed by atoms with van der Waals surface area (Å²) in [6, 6.07) is 10.7. The molecule has 0 fully saturated rings. The minimum Gasteiger partial charge on any atom is -0.370 e. The zero-order valence-electron chi connectivity index (χ0n) is 12.4. The SMILES string of the molecule is Cc1ccc(NC(N)=NCCNS(=O)(=O)c2ccc(Cl)s2)cc1. The summed E-state index contributed by atoms with van der Waals surface area (Å²) in [5.74, 6) is 0.229. The van der Waals surface area contributed by atoms with E-state index in [1.165, 1.54) is 6.07 Å². The molecule has 1 heterocycles. The van der Waals surface area contributed by atoms with Crippen LogP contribution in [0.1, 0.15) is 5.56 Å².